The number of hydrogen-bond acceptors (Lipinski definition) is 3. The summed E-state index contributed by atoms with van der Waals surface area (Å²) in [5.41, 5.74) is 0. The highest BCUT2D eigenvalue weighted by atomic mass is 16.5. The zero-order valence-corrected chi connectivity index (χ0v) is 10.9. The van der Waals surface area contributed by atoms with Crippen LogP contribution in [0.4, 0.5) is 0 Å². The van der Waals surface area contributed by atoms with Gasteiger partial charge in [0.15, 0.2) is 0 Å². The summed E-state index contributed by atoms with van der Waals surface area (Å²) < 4.78 is 16.4. The molecule has 0 unspecified atom stereocenters. The molecule has 4 nitrogen and oxygen atoms in total. The largest absolute Gasteiger partial charge is 0.379 e. The lowest BCUT2D eigenvalue weighted by atomic mass is 10.3. The molecule has 0 atom stereocenters. The van der Waals surface area contributed by atoms with Crippen LogP contribution in [-0.2, 0) is 14.2 Å². The second kappa shape index (κ2) is 9.78. The first-order chi connectivity index (χ1) is 7.74. The maximum atomic E-state index is 5.17. The summed E-state index contributed by atoms with van der Waals surface area (Å²) in [7, 11) is 5.19. The molecule has 0 saturated heterocycles. The molecule has 96 valence electrons. The van der Waals surface area contributed by atoms with Crippen LogP contribution in [0.2, 0.25) is 0 Å². The van der Waals surface area contributed by atoms with Crippen LogP contribution in [0.15, 0.2) is 12.7 Å². The highest BCUT2D eigenvalue weighted by Crippen LogP contribution is 2.07. The van der Waals surface area contributed by atoms with Crippen LogP contribution < -0.4 is 0 Å². The summed E-state index contributed by atoms with van der Waals surface area (Å²) in [6, 6.07) is 0. The summed E-state index contributed by atoms with van der Waals surface area (Å²) >= 11 is 0. The van der Waals surface area contributed by atoms with E-state index in [0.717, 1.165) is 50.5 Å². The van der Waals surface area contributed by atoms with Crippen molar-refractivity contribution in [2.45, 2.75) is 0 Å². The fraction of sp³-hybridized carbons (Fsp3) is 0.833. The first-order valence-electron chi connectivity index (χ1n) is 5.67. The van der Waals surface area contributed by atoms with E-state index in [0.29, 0.717) is 0 Å². The molecule has 0 aliphatic carbocycles. The molecule has 4 heteroatoms. The van der Waals surface area contributed by atoms with Crippen molar-refractivity contribution in [2.24, 2.45) is 0 Å². The van der Waals surface area contributed by atoms with Gasteiger partial charge in [0.05, 0.1) is 26.4 Å². The van der Waals surface area contributed by atoms with Crippen molar-refractivity contribution in [3.63, 3.8) is 0 Å². The van der Waals surface area contributed by atoms with Crippen molar-refractivity contribution in [1.29, 1.82) is 0 Å². The predicted octanol–water partition coefficient (Wildman–Crippen LogP) is 0.928. The average molecular weight is 232 g/mol. The van der Waals surface area contributed by atoms with Crippen LogP contribution in [0, 0.1) is 0 Å². The van der Waals surface area contributed by atoms with Gasteiger partial charge >= 0.3 is 0 Å². The molecule has 0 aromatic heterocycles. The molecule has 0 aliphatic heterocycles. The number of hydrogen-bond donors (Lipinski definition) is 0. The molecule has 0 spiro atoms. The Kier molecular flexibility index (Phi) is 9.52. The van der Waals surface area contributed by atoms with E-state index in [1.165, 1.54) is 0 Å². The van der Waals surface area contributed by atoms with Gasteiger partial charge in [0.25, 0.3) is 0 Å². The van der Waals surface area contributed by atoms with Crippen molar-refractivity contribution < 1.29 is 18.7 Å². The summed E-state index contributed by atoms with van der Waals surface area (Å²) in [4.78, 5) is 0. The predicted molar refractivity (Wildman–Crippen MR) is 65.6 cm³/mol. The zero-order valence-electron chi connectivity index (χ0n) is 10.9. The van der Waals surface area contributed by atoms with Crippen molar-refractivity contribution in [1.82, 2.24) is 0 Å². The van der Waals surface area contributed by atoms with Crippen LogP contribution in [0.1, 0.15) is 0 Å². The molecule has 0 rings (SSSR count). The van der Waals surface area contributed by atoms with Crippen LogP contribution in [-0.4, -0.2) is 71.8 Å². The van der Waals surface area contributed by atoms with Gasteiger partial charge in [-0.3, -0.25) is 0 Å². The molecule has 0 amide bonds. The number of nitrogens with zero attached hydrogens (tertiary/aromatic N) is 1. The Morgan fingerprint density at radius 1 is 0.875 bits per heavy atom. The molecule has 0 fully saturated rings. The van der Waals surface area contributed by atoms with Crippen LogP contribution in [0.5, 0.6) is 0 Å². The van der Waals surface area contributed by atoms with E-state index in [2.05, 4.69) is 6.58 Å². The van der Waals surface area contributed by atoms with Gasteiger partial charge in [-0.1, -0.05) is 6.58 Å². The number of quaternary nitrogens is 1. The number of ether oxygens (including phenoxy) is 3. The standard InChI is InChI=1S/C12H26NO3/c1-5-6-13(7-10-14-2,8-11-15-3)9-12-16-4/h5H,1,6-12H2,2-4H3/q+1. The lowest BCUT2D eigenvalue weighted by molar-refractivity contribution is -0.923. The lowest BCUT2D eigenvalue weighted by Gasteiger charge is -2.37. The maximum absolute atomic E-state index is 5.17. The summed E-state index contributed by atoms with van der Waals surface area (Å²) in [6.07, 6.45) is 1.96. The second-order valence-electron chi connectivity index (χ2n) is 3.96. The molecule has 0 radical (unpaired) electrons. The topological polar surface area (TPSA) is 27.7 Å². The third-order valence-electron chi connectivity index (χ3n) is 2.83. The fourth-order valence-electron chi connectivity index (χ4n) is 1.74. The van der Waals surface area contributed by atoms with Crippen molar-refractivity contribution in [2.75, 3.05) is 67.3 Å². The average Bonchev–Trinajstić information content (AvgIpc) is 2.31. The van der Waals surface area contributed by atoms with E-state index in [-0.39, 0.29) is 0 Å². The van der Waals surface area contributed by atoms with E-state index in [4.69, 9.17) is 14.2 Å². The van der Waals surface area contributed by atoms with Gasteiger partial charge in [0.1, 0.15) is 19.6 Å². The number of methoxy groups -OCH3 is 3. The van der Waals surface area contributed by atoms with Gasteiger partial charge in [-0.05, 0) is 6.08 Å². The molecule has 0 saturated carbocycles. The van der Waals surface area contributed by atoms with Crippen LogP contribution >= 0.6 is 0 Å². The first-order valence-corrected chi connectivity index (χ1v) is 5.67. The Bertz CT molecular complexity index is 152. The lowest BCUT2D eigenvalue weighted by Crippen LogP contribution is -2.53. The molecular weight excluding hydrogens is 206 g/mol. The van der Waals surface area contributed by atoms with Crippen molar-refractivity contribution >= 4 is 0 Å². The minimum absolute atomic E-state index is 0.751. The SMILES string of the molecule is C=CC[N+](CCOC)(CCOC)CCOC. The Morgan fingerprint density at radius 3 is 1.50 bits per heavy atom. The minimum Gasteiger partial charge on any atom is -0.379 e. The van der Waals surface area contributed by atoms with E-state index >= 15 is 0 Å². The molecule has 0 aliphatic rings. The van der Waals surface area contributed by atoms with E-state index < -0.39 is 0 Å². The van der Waals surface area contributed by atoms with Crippen LogP contribution in [0.25, 0.3) is 0 Å². The Labute approximate surface area is 99.4 Å². The third-order valence-corrected chi connectivity index (χ3v) is 2.83. The third kappa shape index (κ3) is 6.23. The number of rotatable bonds is 11. The summed E-state index contributed by atoms with van der Waals surface area (Å²) in [5.74, 6) is 0. The monoisotopic (exact) mass is 232 g/mol. The van der Waals surface area contributed by atoms with Crippen molar-refractivity contribution in [3.05, 3.63) is 12.7 Å². The molecule has 16 heavy (non-hydrogen) atoms. The summed E-state index contributed by atoms with van der Waals surface area (Å²) in [5, 5.41) is 0. The Morgan fingerprint density at radius 2 is 1.25 bits per heavy atom. The van der Waals surface area contributed by atoms with Gasteiger partial charge in [0.2, 0.25) is 0 Å². The summed E-state index contributed by atoms with van der Waals surface area (Å²) in [6.45, 7) is 9.91. The van der Waals surface area contributed by atoms with E-state index in [1.807, 2.05) is 6.08 Å². The molecule has 0 aromatic rings. The molecule has 0 heterocycles. The highest BCUT2D eigenvalue weighted by molar-refractivity contribution is 4.66. The maximum Gasteiger partial charge on any atom is 0.103 e. The smallest absolute Gasteiger partial charge is 0.103 e. The van der Waals surface area contributed by atoms with Gasteiger partial charge < -0.3 is 18.7 Å². The highest BCUT2D eigenvalue weighted by Gasteiger charge is 2.25. The second-order valence-corrected chi connectivity index (χ2v) is 3.96. The first kappa shape index (κ1) is 15.6. The zero-order chi connectivity index (χ0) is 12.3. The molecule has 0 aromatic carbocycles. The van der Waals surface area contributed by atoms with Gasteiger partial charge in [-0.15, -0.1) is 0 Å². The van der Waals surface area contributed by atoms with E-state index in [1.54, 1.807) is 21.3 Å². The van der Waals surface area contributed by atoms with Crippen molar-refractivity contribution in [3.8, 4) is 0 Å². The quantitative estimate of drug-likeness (QED) is 0.392. The van der Waals surface area contributed by atoms with Gasteiger partial charge in [0, 0.05) is 21.3 Å². The van der Waals surface area contributed by atoms with Crippen LogP contribution in [0.3, 0.4) is 0 Å². The Balaban J connectivity index is 4.37. The normalized spacial score (nSPS) is 11.7. The van der Waals surface area contributed by atoms with Gasteiger partial charge in [-0.25, -0.2) is 0 Å². The fourth-order valence-corrected chi connectivity index (χ4v) is 1.74. The van der Waals surface area contributed by atoms with Gasteiger partial charge in [-0.2, -0.15) is 0 Å². The molecule has 0 N–H and O–H groups in total. The molecule has 0 bridgehead atoms. The Hall–Kier alpha value is -0.420. The molecular formula is C12H26NO3+. The van der Waals surface area contributed by atoms with E-state index in [9.17, 15) is 0 Å². The minimum atomic E-state index is 0.751.